The molecule has 2 aromatic rings. The van der Waals surface area contributed by atoms with Crippen molar-refractivity contribution in [1.82, 2.24) is 4.57 Å². The van der Waals surface area contributed by atoms with Gasteiger partial charge >= 0.3 is 0 Å². The Bertz CT molecular complexity index is 770. The molecule has 0 bridgehead atoms. The van der Waals surface area contributed by atoms with E-state index in [0.717, 1.165) is 22.6 Å². The van der Waals surface area contributed by atoms with Gasteiger partial charge in [-0.25, -0.2) is 0 Å². The predicted octanol–water partition coefficient (Wildman–Crippen LogP) is 5.45. The summed E-state index contributed by atoms with van der Waals surface area (Å²) in [4.78, 5) is 12.8. The highest BCUT2D eigenvalue weighted by molar-refractivity contribution is 6.00. The molecule has 0 aliphatic rings. The molecule has 1 aromatic heterocycles. The maximum atomic E-state index is 12.8. The Morgan fingerprint density at radius 3 is 2.16 bits per heavy atom. The molecule has 0 unspecified atom stereocenters. The van der Waals surface area contributed by atoms with E-state index in [2.05, 4.69) is 64.4 Å². The van der Waals surface area contributed by atoms with Crippen LogP contribution in [0.5, 0.6) is 0 Å². The van der Waals surface area contributed by atoms with Crippen LogP contribution in [0, 0.1) is 13.8 Å². The van der Waals surface area contributed by atoms with Crippen LogP contribution in [0.4, 0.5) is 5.69 Å². The average molecular weight is 341 g/mol. The van der Waals surface area contributed by atoms with E-state index in [1.165, 1.54) is 5.56 Å². The van der Waals surface area contributed by atoms with Crippen LogP contribution in [-0.4, -0.2) is 16.9 Å². The van der Waals surface area contributed by atoms with E-state index in [0.29, 0.717) is 6.54 Å². The van der Waals surface area contributed by atoms with Gasteiger partial charge in [0.1, 0.15) is 0 Å². The summed E-state index contributed by atoms with van der Waals surface area (Å²) in [6, 6.07) is 10.2. The fourth-order valence-corrected chi connectivity index (χ4v) is 3.64. The second-order valence-corrected chi connectivity index (χ2v) is 8.86. The quantitative estimate of drug-likeness (QED) is 0.751. The Balaban J connectivity index is 2.23. The third-order valence-corrected chi connectivity index (χ3v) is 4.58. The summed E-state index contributed by atoms with van der Waals surface area (Å²) in [5.74, 6) is 0.132. The van der Waals surface area contributed by atoms with E-state index >= 15 is 0 Å². The molecule has 0 amide bonds. The van der Waals surface area contributed by atoms with Gasteiger partial charge in [0, 0.05) is 28.2 Å². The summed E-state index contributed by atoms with van der Waals surface area (Å²) in [7, 11) is 0. The number of aromatic nitrogens is 1. The number of anilines is 1. The number of aryl methyl sites for hydroxylation is 1. The van der Waals surface area contributed by atoms with Gasteiger partial charge < -0.3 is 9.88 Å². The summed E-state index contributed by atoms with van der Waals surface area (Å²) in [6.45, 7) is 17.5. The molecule has 2 rings (SSSR count). The van der Waals surface area contributed by atoms with E-state index in [9.17, 15) is 4.79 Å². The van der Waals surface area contributed by atoms with Crippen LogP contribution in [0.25, 0.3) is 0 Å². The molecule has 0 radical (unpaired) electrons. The molecular formula is C22H32N2O. The summed E-state index contributed by atoms with van der Waals surface area (Å²) < 4.78 is 2.24. The number of nitrogens with one attached hydrogen (secondary N) is 1. The summed E-state index contributed by atoms with van der Waals surface area (Å²) in [5.41, 5.74) is 5.25. The van der Waals surface area contributed by atoms with Crippen molar-refractivity contribution in [2.75, 3.05) is 11.9 Å². The molecule has 0 fully saturated rings. The highest BCUT2D eigenvalue weighted by Crippen LogP contribution is 2.29. The zero-order valence-corrected chi connectivity index (χ0v) is 16.9. The molecule has 1 heterocycles. The number of hydrogen-bond acceptors (Lipinski definition) is 2. The molecule has 1 N–H and O–H groups in total. The predicted molar refractivity (Wildman–Crippen MR) is 107 cm³/mol. The molecule has 0 aliphatic heterocycles. The number of benzene rings is 1. The first kappa shape index (κ1) is 19.3. The van der Waals surface area contributed by atoms with Crippen LogP contribution in [-0.2, 0) is 11.0 Å². The Hall–Kier alpha value is -2.03. The van der Waals surface area contributed by atoms with Crippen molar-refractivity contribution in [2.24, 2.45) is 0 Å². The minimum absolute atomic E-state index is 0.0288. The van der Waals surface area contributed by atoms with E-state index in [4.69, 9.17) is 0 Å². The number of rotatable bonds is 4. The van der Waals surface area contributed by atoms with Gasteiger partial charge in [0.2, 0.25) is 0 Å². The lowest BCUT2D eigenvalue weighted by molar-refractivity contribution is 0.100. The average Bonchev–Trinajstić information content (AvgIpc) is 2.79. The number of carbonyl (C=O) groups is 1. The third-order valence-electron chi connectivity index (χ3n) is 4.58. The van der Waals surface area contributed by atoms with E-state index in [-0.39, 0.29) is 16.7 Å². The first-order valence-corrected chi connectivity index (χ1v) is 8.99. The number of Topliss-reactive ketones (excluding diaryl/α,β-unsaturated/α-hetero) is 1. The van der Waals surface area contributed by atoms with Crippen molar-refractivity contribution in [3.8, 4) is 0 Å². The molecule has 3 heteroatoms. The first-order chi connectivity index (χ1) is 11.4. The zero-order valence-electron chi connectivity index (χ0n) is 16.9. The second-order valence-electron chi connectivity index (χ2n) is 8.86. The lowest BCUT2D eigenvalue weighted by atomic mass is 9.86. The SMILES string of the molecule is Cc1cc(C(=O)CNc2ccccc2C(C)(C)C)c(C)n1C(C)(C)C. The largest absolute Gasteiger partial charge is 0.377 e. The standard InChI is InChI=1S/C22H32N2O/c1-15-13-17(16(2)24(15)22(6,7)8)20(25)14-23-19-12-10-9-11-18(19)21(3,4)5/h9-13,23H,14H2,1-8H3. The smallest absolute Gasteiger partial charge is 0.183 e. The summed E-state index contributed by atoms with van der Waals surface area (Å²) >= 11 is 0. The monoisotopic (exact) mass is 340 g/mol. The Kier molecular flexibility index (Phi) is 5.17. The molecular weight excluding hydrogens is 308 g/mol. The maximum absolute atomic E-state index is 12.8. The minimum atomic E-state index is -0.0288. The second kappa shape index (κ2) is 6.70. The molecule has 1 aromatic carbocycles. The van der Waals surface area contributed by atoms with Crippen molar-refractivity contribution in [3.63, 3.8) is 0 Å². The molecule has 0 spiro atoms. The van der Waals surface area contributed by atoms with E-state index in [1.54, 1.807) is 0 Å². The van der Waals surface area contributed by atoms with Crippen LogP contribution in [0.1, 0.15) is 68.9 Å². The van der Waals surface area contributed by atoms with Crippen molar-refractivity contribution in [2.45, 2.75) is 66.3 Å². The van der Waals surface area contributed by atoms with Crippen LogP contribution < -0.4 is 5.32 Å². The number of ketones is 1. The molecule has 3 nitrogen and oxygen atoms in total. The van der Waals surface area contributed by atoms with Crippen molar-refractivity contribution < 1.29 is 4.79 Å². The summed E-state index contributed by atoms with van der Waals surface area (Å²) in [5, 5.41) is 3.35. The molecule has 0 aliphatic carbocycles. The van der Waals surface area contributed by atoms with Gasteiger partial charge in [0.25, 0.3) is 0 Å². The van der Waals surface area contributed by atoms with Crippen LogP contribution in [0.15, 0.2) is 30.3 Å². The Morgan fingerprint density at radius 1 is 1.04 bits per heavy atom. The van der Waals surface area contributed by atoms with Crippen molar-refractivity contribution >= 4 is 11.5 Å². The topological polar surface area (TPSA) is 34.0 Å². The lowest BCUT2D eigenvalue weighted by Crippen LogP contribution is -2.25. The van der Waals surface area contributed by atoms with Gasteiger partial charge in [-0.2, -0.15) is 0 Å². The molecule has 0 saturated carbocycles. The molecule has 136 valence electrons. The number of carbonyl (C=O) groups excluding carboxylic acids is 1. The zero-order chi connectivity index (χ0) is 19.0. The first-order valence-electron chi connectivity index (χ1n) is 8.99. The third kappa shape index (κ3) is 4.15. The minimum Gasteiger partial charge on any atom is -0.377 e. The number of para-hydroxylation sites is 1. The molecule has 25 heavy (non-hydrogen) atoms. The highest BCUT2D eigenvalue weighted by atomic mass is 16.1. The van der Waals surface area contributed by atoms with Crippen molar-refractivity contribution in [3.05, 3.63) is 52.8 Å². The van der Waals surface area contributed by atoms with Gasteiger partial charge in [-0.05, 0) is 57.7 Å². The normalized spacial score (nSPS) is 12.3. The van der Waals surface area contributed by atoms with E-state index in [1.807, 2.05) is 31.2 Å². The lowest BCUT2D eigenvalue weighted by Gasteiger charge is -2.26. The highest BCUT2D eigenvalue weighted by Gasteiger charge is 2.23. The van der Waals surface area contributed by atoms with Crippen LogP contribution in [0.3, 0.4) is 0 Å². The van der Waals surface area contributed by atoms with Crippen LogP contribution in [0.2, 0.25) is 0 Å². The molecule has 0 atom stereocenters. The van der Waals surface area contributed by atoms with Gasteiger partial charge in [-0.15, -0.1) is 0 Å². The van der Waals surface area contributed by atoms with Crippen LogP contribution >= 0.6 is 0 Å². The van der Waals surface area contributed by atoms with Crippen molar-refractivity contribution in [1.29, 1.82) is 0 Å². The fourth-order valence-electron chi connectivity index (χ4n) is 3.64. The van der Waals surface area contributed by atoms with Gasteiger partial charge in [0.15, 0.2) is 5.78 Å². The van der Waals surface area contributed by atoms with Gasteiger partial charge in [-0.1, -0.05) is 39.0 Å². The maximum Gasteiger partial charge on any atom is 0.183 e. The van der Waals surface area contributed by atoms with Gasteiger partial charge in [-0.3, -0.25) is 4.79 Å². The Labute approximate surface area is 152 Å². The molecule has 0 saturated heterocycles. The number of hydrogen-bond donors (Lipinski definition) is 1. The van der Waals surface area contributed by atoms with E-state index < -0.39 is 0 Å². The summed E-state index contributed by atoms with van der Waals surface area (Å²) in [6.07, 6.45) is 0. The Morgan fingerprint density at radius 2 is 1.64 bits per heavy atom. The fraction of sp³-hybridized carbons (Fsp3) is 0.500. The van der Waals surface area contributed by atoms with Gasteiger partial charge in [0.05, 0.1) is 6.54 Å². The number of nitrogens with zero attached hydrogens (tertiary/aromatic N) is 1.